The van der Waals surface area contributed by atoms with Gasteiger partial charge in [-0.05, 0) is 18.2 Å². The van der Waals surface area contributed by atoms with E-state index in [-0.39, 0.29) is 0 Å². The van der Waals surface area contributed by atoms with Crippen molar-refractivity contribution in [3.8, 4) is 0 Å². The predicted octanol–water partition coefficient (Wildman–Crippen LogP) is 3.05. The zero-order valence-electron chi connectivity index (χ0n) is 10.3. The van der Waals surface area contributed by atoms with Crippen molar-refractivity contribution in [3.63, 3.8) is 0 Å². The second kappa shape index (κ2) is 6.20. The normalized spacial score (nSPS) is 12.0. The summed E-state index contributed by atoms with van der Waals surface area (Å²) in [6.45, 7) is -1.95. The molecule has 1 rings (SSSR count). The molecule has 0 aliphatic carbocycles. The number of esters is 1. The highest BCUT2D eigenvalue weighted by Crippen LogP contribution is 2.21. The van der Waals surface area contributed by atoms with Gasteiger partial charge in [0.15, 0.2) is 6.61 Å². The Bertz CT molecular complexity index is 580. The molecule has 0 spiro atoms. The second-order valence-electron chi connectivity index (χ2n) is 3.87. The number of rotatable bonds is 3. The Morgan fingerprint density at radius 2 is 1.64 bits per heavy atom. The number of hydrogen-bond donors (Lipinski definition) is 1. The molecule has 0 saturated heterocycles. The Morgan fingerprint density at radius 3 is 2.14 bits per heavy atom. The lowest BCUT2D eigenvalue weighted by atomic mass is 10.2. The first-order chi connectivity index (χ1) is 9.88. The molecule has 1 aromatic carbocycles. The number of anilines is 1. The van der Waals surface area contributed by atoms with Crippen LogP contribution in [0.1, 0.15) is 10.4 Å². The summed E-state index contributed by atoms with van der Waals surface area (Å²) in [6.07, 6.45) is -10.1. The quantitative estimate of drug-likeness (QED) is 0.683. The molecule has 4 nitrogen and oxygen atoms in total. The van der Waals surface area contributed by atoms with Crippen LogP contribution in [-0.2, 0) is 9.53 Å². The minimum atomic E-state index is -5.26. The molecule has 11 heteroatoms. The first kappa shape index (κ1) is 17.7. The topological polar surface area (TPSA) is 55.4 Å². The Hall–Kier alpha value is -2.33. The summed E-state index contributed by atoms with van der Waals surface area (Å²) >= 11 is 0. The molecule has 22 heavy (non-hydrogen) atoms. The number of ether oxygens (including phenoxy) is 1. The number of alkyl halides is 6. The van der Waals surface area contributed by atoms with Gasteiger partial charge in [0.2, 0.25) is 0 Å². The number of carbonyl (C=O) groups is 2. The summed E-state index contributed by atoms with van der Waals surface area (Å²) in [6, 6.07) is 1.44. The molecule has 122 valence electrons. The van der Waals surface area contributed by atoms with Gasteiger partial charge in [0, 0.05) is 5.69 Å². The molecule has 0 radical (unpaired) electrons. The van der Waals surface area contributed by atoms with Gasteiger partial charge in [-0.25, -0.2) is 9.18 Å². The van der Waals surface area contributed by atoms with Gasteiger partial charge in [0.25, 0.3) is 0 Å². The number of carbonyl (C=O) groups excluding carboxylic acids is 2. The van der Waals surface area contributed by atoms with Gasteiger partial charge in [0.05, 0.1) is 5.56 Å². The lowest BCUT2D eigenvalue weighted by molar-refractivity contribution is -0.167. The molecule has 0 aliphatic heterocycles. The van der Waals surface area contributed by atoms with E-state index in [9.17, 15) is 40.3 Å². The van der Waals surface area contributed by atoms with Crippen molar-refractivity contribution in [2.45, 2.75) is 12.4 Å². The standard InChI is InChI=1S/C11H6F7NO3/c12-6-1-5(8(20)22-4-10(13,14)15)2-7(3-6)19-9(21)11(16,17)18/h1-3H,4H2,(H,19,21). The van der Waals surface area contributed by atoms with Crippen LogP contribution in [0.15, 0.2) is 18.2 Å². The summed E-state index contributed by atoms with van der Waals surface area (Å²) in [4.78, 5) is 21.9. The van der Waals surface area contributed by atoms with Crippen LogP contribution in [0.2, 0.25) is 0 Å². The summed E-state index contributed by atoms with van der Waals surface area (Å²) in [5, 5.41) is 1.26. The molecule has 1 aromatic rings. The molecular weight excluding hydrogens is 327 g/mol. The van der Waals surface area contributed by atoms with Crippen molar-refractivity contribution in [2.75, 3.05) is 11.9 Å². The Balaban J connectivity index is 2.90. The van der Waals surface area contributed by atoms with Crippen molar-refractivity contribution < 1.29 is 45.1 Å². The van der Waals surface area contributed by atoms with Crippen LogP contribution in [0, 0.1) is 5.82 Å². The van der Waals surface area contributed by atoms with E-state index in [0.29, 0.717) is 18.2 Å². The third-order valence-electron chi connectivity index (χ3n) is 2.02. The van der Waals surface area contributed by atoms with Crippen molar-refractivity contribution in [3.05, 3.63) is 29.6 Å². The monoisotopic (exact) mass is 333 g/mol. The molecule has 1 amide bonds. The molecular formula is C11H6F7NO3. The zero-order valence-corrected chi connectivity index (χ0v) is 10.3. The van der Waals surface area contributed by atoms with Gasteiger partial charge in [-0.2, -0.15) is 26.3 Å². The predicted molar refractivity (Wildman–Crippen MR) is 57.4 cm³/mol. The van der Waals surface area contributed by atoms with E-state index in [0.717, 1.165) is 0 Å². The Labute approximate surface area is 117 Å². The van der Waals surface area contributed by atoms with Gasteiger partial charge in [-0.15, -0.1) is 0 Å². The molecule has 0 unspecified atom stereocenters. The van der Waals surface area contributed by atoms with Crippen molar-refractivity contribution >= 4 is 17.6 Å². The zero-order chi connectivity index (χ0) is 17.1. The van der Waals surface area contributed by atoms with Crippen LogP contribution >= 0.6 is 0 Å². The van der Waals surface area contributed by atoms with Gasteiger partial charge >= 0.3 is 24.2 Å². The highest BCUT2D eigenvalue weighted by molar-refractivity contribution is 5.97. The SMILES string of the molecule is O=C(OCC(F)(F)F)c1cc(F)cc(NC(=O)C(F)(F)F)c1. The van der Waals surface area contributed by atoms with Gasteiger partial charge in [0.1, 0.15) is 5.82 Å². The Morgan fingerprint density at radius 1 is 1.05 bits per heavy atom. The van der Waals surface area contributed by atoms with Crippen LogP contribution in [0.3, 0.4) is 0 Å². The second-order valence-corrected chi connectivity index (χ2v) is 3.87. The van der Waals surface area contributed by atoms with Crippen LogP contribution < -0.4 is 5.32 Å². The van der Waals surface area contributed by atoms with Crippen LogP contribution in [-0.4, -0.2) is 30.8 Å². The maximum Gasteiger partial charge on any atom is 0.471 e. The fourth-order valence-corrected chi connectivity index (χ4v) is 1.21. The molecule has 0 heterocycles. The van der Waals surface area contributed by atoms with E-state index in [1.165, 1.54) is 5.32 Å². The van der Waals surface area contributed by atoms with Crippen molar-refractivity contribution in [2.24, 2.45) is 0 Å². The van der Waals surface area contributed by atoms with Crippen molar-refractivity contribution in [1.82, 2.24) is 0 Å². The largest absolute Gasteiger partial charge is 0.471 e. The van der Waals surface area contributed by atoms with E-state index in [4.69, 9.17) is 0 Å². The van der Waals surface area contributed by atoms with Crippen LogP contribution in [0.25, 0.3) is 0 Å². The number of benzene rings is 1. The van der Waals surface area contributed by atoms with E-state index in [1.54, 1.807) is 0 Å². The minimum Gasteiger partial charge on any atom is -0.452 e. The summed E-state index contributed by atoms with van der Waals surface area (Å²) in [5.74, 6) is -5.30. The van der Waals surface area contributed by atoms with Gasteiger partial charge in [-0.1, -0.05) is 0 Å². The maximum atomic E-state index is 13.1. The third-order valence-corrected chi connectivity index (χ3v) is 2.02. The molecule has 0 aliphatic rings. The average Bonchev–Trinajstić information content (AvgIpc) is 2.33. The lowest BCUT2D eigenvalue weighted by Gasteiger charge is -2.10. The summed E-state index contributed by atoms with van der Waals surface area (Å²) < 4.78 is 88.6. The van der Waals surface area contributed by atoms with Crippen LogP contribution in [0.4, 0.5) is 36.4 Å². The van der Waals surface area contributed by atoms with E-state index in [1.807, 2.05) is 0 Å². The molecule has 0 aromatic heterocycles. The first-order valence-electron chi connectivity index (χ1n) is 5.31. The maximum absolute atomic E-state index is 13.1. The van der Waals surface area contributed by atoms with Gasteiger partial charge in [-0.3, -0.25) is 4.79 Å². The fourth-order valence-electron chi connectivity index (χ4n) is 1.21. The smallest absolute Gasteiger partial charge is 0.452 e. The molecule has 0 atom stereocenters. The minimum absolute atomic E-state index is 0.446. The molecule has 0 fully saturated rings. The molecule has 1 N–H and O–H groups in total. The van der Waals surface area contributed by atoms with E-state index >= 15 is 0 Å². The average molecular weight is 333 g/mol. The summed E-state index contributed by atoms with van der Waals surface area (Å²) in [5.41, 5.74) is -1.55. The number of halogens is 7. The highest BCUT2D eigenvalue weighted by Gasteiger charge is 2.38. The molecule has 0 saturated carbocycles. The van der Waals surface area contributed by atoms with Crippen molar-refractivity contribution in [1.29, 1.82) is 0 Å². The lowest BCUT2D eigenvalue weighted by Crippen LogP contribution is -2.30. The van der Waals surface area contributed by atoms with Crippen LogP contribution in [0.5, 0.6) is 0 Å². The van der Waals surface area contributed by atoms with Gasteiger partial charge < -0.3 is 10.1 Å². The molecule has 0 bridgehead atoms. The Kier molecular flexibility index (Phi) is 4.99. The first-order valence-corrected chi connectivity index (χ1v) is 5.31. The highest BCUT2D eigenvalue weighted by atomic mass is 19.4. The van der Waals surface area contributed by atoms with E-state index < -0.39 is 47.9 Å². The number of nitrogens with one attached hydrogen (secondary N) is 1. The summed E-state index contributed by atoms with van der Waals surface area (Å²) in [7, 11) is 0. The number of amides is 1. The van der Waals surface area contributed by atoms with E-state index in [2.05, 4.69) is 4.74 Å². The fraction of sp³-hybridized carbons (Fsp3) is 0.273. The number of hydrogen-bond acceptors (Lipinski definition) is 3. The third kappa shape index (κ3) is 5.58.